The van der Waals surface area contributed by atoms with Crippen molar-refractivity contribution in [3.63, 3.8) is 0 Å². The molecular weight excluding hydrogens is 366 g/mol. The Morgan fingerprint density at radius 2 is 1.96 bits per heavy atom. The highest BCUT2D eigenvalue weighted by Gasteiger charge is 2.35. The largest absolute Gasteiger partial charge is 0.341 e. The maximum atomic E-state index is 13.4. The molecule has 1 aliphatic rings. The molecular formula is C16H15BrF2N4. The smallest absolute Gasteiger partial charge is 0.251 e. The van der Waals surface area contributed by atoms with Crippen LogP contribution in [0.5, 0.6) is 0 Å². The van der Waals surface area contributed by atoms with E-state index in [-0.39, 0.29) is 12.8 Å². The number of aromatic nitrogens is 3. The van der Waals surface area contributed by atoms with Crippen LogP contribution in [0, 0.1) is 6.92 Å². The first kappa shape index (κ1) is 14.8. The first-order valence-corrected chi connectivity index (χ1v) is 8.30. The average molecular weight is 381 g/mol. The van der Waals surface area contributed by atoms with Gasteiger partial charge in [0.25, 0.3) is 5.92 Å². The monoisotopic (exact) mass is 380 g/mol. The zero-order valence-electron chi connectivity index (χ0n) is 12.6. The van der Waals surface area contributed by atoms with Gasteiger partial charge in [0.2, 0.25) is 5.95 Å². The third-order valence-corrected chi connectivity index (χ3v) is 4.90. The molecule has 23 heavy (non-hydrogen) atoms. The van der Waals surface area contributed by atoms with Crippen molar-refractivity contribution in [1.82, 2.24) is 14.4 Å². The third-order valence-electron chi connectivity index (χ3n) is 4.29. The van der Waals surface area contributed by atoms with E-state index in [1.807, 2.05) is 34.6 Å². The van der Waals surface area contributed by atoms with Crippen molar-refractivity contribution in [1.29, 1.82) is 0 Å². The van der Waals surface area contributed by atoms with Crippen LogP contribution in [0.4, 0.5) is 14.7 Å². The Morgan fingerprint density at radius 1 is 1.22 bits per heavy atom. The van der Waals surface area contributed by atoms with Crippen molar-refractivity contribution in [3.05, 3.63) is 34.6 Å². The van der Waals surface area contributed by atoms with Crippen LogP contribution >= 0.6 is 15.9 Å². The van der Waals surface area contributed by atoms with Gasteiger partial charge < -0.3 is 4.90 Å². The predicted molar refractivity (Wildman–Crippen MR) is 89.3 cm³/mol. The zero-order valence-corrected chi connectivity index (χ0v) is 14.1. The normalized spacial score (nSPS) is 18.0. The first-order chi connectivity index (χ1) is 10.9. The molecule has 0 bridgehead atoms. The number of halogens is 3. The Hall–Kier alpha value is -1.76. The molecule has 7 heteroatoms. The van der Waals surface area contributed by atoms with Gasteiger partial charge in [0.1, 0.15) is 5.65 Å². The van der Waals surface area contributed by atoms with Gasteiger partial charge >= 0.3 is 0 Å². The molecule has 1 saturated heterocycles. The Morgan fingerprint density at radius 3 is 2.70 bits per heavy atom. The quantitative estimate of drug-likeness (QED) is 0.634. The predicted octanol–water partition coefficient (Wildman–Crippen LogP) is 4.19. The summed E-state index contributed by atoms with van der Waals surface area (Å²) < 4.78 is 29.6. The van der Waals surface area contributed by atoms with Gasteiger partial charge in [-0.25, -0.2) is 18.7 Å². The van der Waals surface area contributed by atoms with Crippen LogP contribution in [0.3, 0.4) is 0 Å². The fourth-order valence-electron chi connectivity index (χ4n) is 3.09. The molecule has 0 saturated carbocycles. The Balaban J connectivity index is 1.91. The van der Waals surface area contributed by atoms with E-state index in [1.54, 1.807) is 6.20 Å². The van der Waals surface area contributed by atoms with Crippen molar-refractivity contribution in [2.24, 2.45) is 0 Å². The molecule has 0 spiro atoms. The maximum absolute atomic E-state index is 13.4. The highest BCUT2D eigenvalue weighted by molar-refractivity contribution is 9.10. The molecule has 3 aromatic rings. The number of nitrogens with zero attached hydrogens (tertiary/aromatic N) is 4. The molecule has 1 aliphatic heterocycles. The van der Waals surface area contributed by atoms with E-state index in [1.165, 1.54) is 0 Å². The van der Waals surface area contributed by atoms with Crippen LogP contribution in [0.25, 0.3) is 16.6 Å². The number of anilines is 1. The van der Waals surface area contributed by atoms with E-state index in [0.717, 1.165) is 26.6 Å². The van der Waals surface area contributed by atoms with E-state index in [2.05, 4.69) is 20.9 Å². The summed E-state index contributed by atoms with van der Waals surface area (Å²) in [7, 11) is 0. The highest BCUT2D eigenvalue weighted by atomic mass is 79.9. The minimum atomic E-state index is -2.57. The topological polar surface area (TPSA) is 33.4 Å². The third kappa shape index (κ3) is 2.47. The lowest BCUT2D eigenvalue weighted by molar-refractivity contribution is -0.0222. The lowest BCUT2D eigenvalue weighted by atomic mass is 10.1. The molecule has 3 heterocycles. The van der Waals surface area contributed by atoms with Crippen molar-refractivity contribution < 1.29 is 8.78 Å². The van der Waals surface area contributed by atoms with Crippen LogP contribution in [-0.2, 0) is 0 Å². The SMILES string of the molecule is Cc1cc(Br)c2nc(N3CCC(F)(F)CC3)n3ccnc3c2c1. The molecule has 0 radical (unpaired) electrons. The van der Waals surface area contributed by atoms with Gasteiger partial charge in [0, 0.05) is 48.2 Å². The number of hydrogen-bond acceptors (Lipinski definition) is 3. The molecule has 4 rings (SSSR count). The number of alkyl halides is 2. The molecule has 0 N–H and O–H groups in total. The van der Waals surface area contributed by atoms with E-state index in [9.17, 15) is 8.78 Å². The summed E-state index contributed by atoms with van der Waals surface area (Å²) in [4.78, 5) is 11.1. The second-order valence-electron chi connectivity index (χ2n) is 6.02. The lowest BCUT2D eigenvalue weighted by Gasteiger charge is -2.32. The van der Waals surface area contributed by atoms with Crippen LogP contribution < -0.4 is 4.90 Å². The molecule has 0 atom stereocenters. The Bertz CT molecular complexity index is 896. The lowest BCUT2D eigenvalue weighted by Crippen LogP contribution is -2.40. The second kappa shape index (κ2) is 5.12. The van der Waals surface area contributed by atoms with Crippen LogP contribution in [-0.4, -0.2) is 33.4 Å². The number of rotatable bonds is 1. The molecule has 0 unspecified atom stereocenters. The van der Waals surface area contributed by atoms with Gasteiger partial charge in [0.05, 0.1) is 5.52 Å². The molecule has 0 aliphatic carbocycles. The fraction of sp³-hybridized carbons (Fsp3) is 0.375. The van der Waals surface area contributed by atoms with Gasteiger partial charge in [-0.3, -0.25) is 4.40 Å². The summed E-state index contributed by atoms with van der Waals surface area (Å²) in [6, 6.07) is 4.05. The van der Waals surface area contributed by atoms with E-state index < -0.39 is 5.92 Å². The molecule has 0 amide bonds. The molecule has 1 fully saturated rings. The van der Waals surface area contributed by atoms with Crippen molar-refractivity contribution in [2.75, 3.05) is 18.0 Å². The van der Waals surface area contributed by atoms with Crippen LogP contribution in [0.1, 0.15) is 18.4 Å². The number of aryl methyl sites for hydroxylation is 1. The van der Waals surface area contributed by atoms with Crippen molar-refractivity contribution >= 4 is 38.4 Å². The summed E-state index contributed by atoms with van der Waals surface area (Å²) in [6.45, 7) is 2.61. The average Bonchev–Trinajstić information content (AvgIpc) is 2.97. The number of hydrogen-bond donors (Lipinski definition) is 0. The summed E-state index contributed by atoms with van der Waals surface area (Å²) in [5.41, 5.74) is 2.72. The van der Waals surface area contributed by atoms with Crippen molar-refractivity contribution in [2.45, 2.75) is 25.7 Å². The first-order valence-electron chi connectivity index (χ1n) is 7.50. The number of imidazole rings is 1. The zero-order chi connectivity index (χ0) is 16.2. The summed E-state index contributed by atoms with van der Waals surface area (Å²) in [5.74, 6) is -1.90. The molecule has 1 aromatic carbocycles. The number of benzene rings is 1. The summed E-state index contributed by atoms with van der Waals surface area (Å²) in [6.07, 6.45) is 3.27. The standard InChI is InChI=1S/C16H15BrF2N4/c1-10-8-11-13(12(17)9-10)21-15(23-7-4-20-14(11)23)22-5-2-16(18,19)3-6-22/h4,7-9H,2-3,5-6H2,1H3. The summed E-state index contributed by atoms with van der Waals surface area (Å²) in [5, 5.41) is 0.952. The second-order valence-corrected chi connectivity index (χ2v) is 6.87. The maximum Gasteiger partial charge on any atom is 0.251 e. The van der Waals surface area contributed by atoms with E-state index >= 15 is 0 Å². The fourth-order valence-corrected chi connectivity index (χ4v) is 3.76. The summed E-state index contributed by atoms with van der Waals surface area (Å²) >= 11 is 3.56. The van der Waals surface area contributed by atoms with E-state index in [0.29, 0.717) is 19.0 Å². The Kier molecular flexibility index (Phi) is 3.30. The van der Waals surface area contributed by atoms with Gasteiger partial charge in [-0.1, -0.05) is 0 Å². The highest BCUT2D eigenvalue weighted by Crippen LogP contribution is 2.33. The van der Waals surface area contributed by atoms with Crippen LogP contribution in [0.2, 0.25) is 0 Å². The van der Waals surface area contributed by atoms with Gasteiger partial charge in [-0.15, -0.1) is 0 Å². The molecule has 4 nitrogen and oxygen atoms in total. The van der Waals surface area contributed by atoms with Gasteiger partial charge in [-0.2, -0.15) is 0 Å². The Labute approximate surface area is 140 Å². The van der Waals surface area contributed by atoms with Gasteiger partial charge in [0.15, 0.2) is 0 Å². The van der Waals surface area contributed by atoms with E-state index in [4.69, 9.17) is 4.98 Å². The van der Waals surface area contributed by atoms with Crippen LogP contribution in [0.15, 0.2) is 29.0 Å². The molecule has 2 aromatic heterocycles. The molecule has 120 valence electrons. The minimum absolute atomic E-state index is 0.141. The van der Waals surface area contributed by atoms with Gasteiger partial charge in [-0.05, 0) is 40.5 Å². The number of piperidine rings is 1. The number of fused-ring (bicyclic) bond motifs is 3. The van der Waals surface area contributed by atoms with Crippen molar-refractivity contribution in [3.8, 4) is 0 Å². The minimum Gasteiger partial charge on any atom is -0.341 e.